The quantitative estimate of drug-likeness (QED) is 0.655. The van der Waals surface area contributed by atoms with Crippen molar-refractivity contribution in [2.75, 3.05) is 27.9 Å². The Bertz CT molecular complexity index is 844. The van der Waals surface area contributed by atoms with E-state index in [0.717, 1.165) is 49.1 Å². The third-order valence-corrected chi connectivity index (χ3v) is 5.36. The lowest BCUT2D eigenvalue weighted by Gasteiger charge is -2.29. The summed E-state index contributed by atoms with van der Waals surface area (Å²) in [4.78, 5) is 15.1. The largest absolute Gasteiger partial charge is 0.497 e. The molecule has 0 N–H and O–H groups in total. The van der Waals surface area contributed by atoms with Crippen LogP contribution < -0.4 is 14.2 Å². The Morgan fingerprint density at radius 1 is 0.931 bits per heavy atom. The molecule has 0 aromatic heterocycles. The third-order valence-electron chi connectivity index (χ3n) is 5.36. The fourth-order valence-corrected chi connectivity index (χ4v) is 3.76. The summed E-state index contributed by atoms with van der Waals surface area (Å²) in [6.07, 6.45) is 7.77. The van der Waals surface area contributed by atoms with Gasteiger partial charge in [0.1, 0.15) is 5.75 Å². The molecule has 1 saturated heterocycles. The Hall–Kier alpha value is -2.95. The molecule has 0 bridgehead atoms. The molecule has 3 rings (SSSR count). The van der Waals surface area contributed by atoms with Gasteiger partial charge in [0.25, 0.3) is 0 Å². The zero-order chi connectivity index (χ0) is 20.6. The molecule has 1 atom stereocenters. The Labute approximate surface area is 172 Å². The van der Waals surface area contributed by atoms with Crippen LogP contribution in [0.4, 0.5) is 0 Å². The minimum atomic E-state index is 0.0301. The highest BCUT2D eigenvalue weighted by molar-refractivity contribution is 5.92. The van der Waals surface area contributed by atoms with Crippen LogP contribution in [0.5, 0.6) is 17.2 Å². The van der Waals surface area contributed by atoms with Crippen molar-refractivity contribution in [1.82, 2.24) is 4.90 Å². The maximum atomic E-state index is 13.1. The first-order valence-electron chi connectivity index (χ1n) is 10.0. The van der Waals surface area contributed by atoms with Gasteiger partial charge in [-0.3, -0.25) is 4.79 Å². The number of benzene rings is 2. The highest BCUT2D eigenvalue weighted by Gasteiger charge is 2.25. The molecule has 5 nitrogen and oxygen atoms in total. The lowest BCUT2D eigenvalue weighted by molar-refractivity contribution is -0.128. The number of carbonyl (C=O) groups excluding carboxylic acids is 1. The number of ether oxygens (including phenoxy) is 3. The molecule has 1 fully saturated rings. The SMILES string of the molecule is COc1ccc(C2CCCCCN2C(=O)/C=C/c2ccc(OC)c(OC)c2)cc1. The second-order valence-corrected chi connectivity index (χ2v) is 7.12. The van der Waals surface area contributed by atoms with Crippen molar-refractivity contribution in [1.29, 1.82) is 0 Å². The van der Waals surface area contributed by atoms with Crippen LogP contribution in [-0.4, -0.2) is 38.7 Å². The van der Waals surface area contributed by atoms with E-state index in [1.54, 1.807) is 27.4 Å². The van der Waals surface area contributed by atoms with Crippen LogP contribution in [-0.2, 0) is 4.79 Å². The average molecular weight is 395 g/mol. The van der Waals surface area contributed by atoms with E-state index in [1.807, 2.05) is 41.3 Å². The number of nitrogens with zero attached hydrogens (tertiary/aromatic N) is 1. The molecular weight excluding hydrogens is 366 g/mol. The molecule has 29 heavy (non-hydrogen) atoms. The maximum absolute atomic E-state index is 13.1. The van der Waals surface area contributed by atoms with Crippen LogP contribution in [0.15, 0.2) is 48.5 Å². The van der Waals surface area contributed by atoms with Crippen LogP contribution >= 0.6 is 0 Å². The molecule has 1 heterocycles. The van der Waals surface area contributed by atoms with E-state index in [0.29, 0.717) is 11.5 Å². The van der Waals surface area contributed by atoms with Gasteiger partial charge in [-0.15, -0.1) is 0 Å². The highest BCUT2D eigenvalue weighted by atomic mass is 16.5. The number of methoxy groups -OCH3 is 3. The zero-order valence-electron chi connectivity index (χ0n) is 17.4. The molecule has 154 valence electrons. The van der Waals surface area contributed by atoms with Gasteiger partial charge in [-0.1, -0.05) is 31.0 Å². The first kappa shape index (κ1) is 20.8. The van der Waals surface area contributed by atoms with Gasteiger partial charge in [-0.05, 0) is 54.3 Å². The second kappa shape index (κ2) is 10.0. The lowest BCUT2D eigenvalue weighted by Crippen LogP contribution is -2.33. The van der Waals surface area contributed by atoms with Crippen molar-refractivity contribution in [3.05, 3.63) is 59.7 Å². The van der Waals surface area contributed by atoms with Gasteiger partial charge < -0.3 is 19.1 Å². The number of hydrogen-bond acceptors (Lipinski definition) is 4. The van der Waals surface area contributed by atoms with Gasteiger partial charge in [0.2, 0.25) is 5.91 Å². The minimum absolute atomic E-state index is 0.0301. The average Bonchev–Trinajstić information content (AvgIpc) is 3.03. The Morgan fingerprint density at radius 3 is 2.38 bits per heavy atom. The smallest absolute Gasteiger partial charge is 0.247 e. The summed E-state index contributed by atoms with van der Waals surface area (Å²) in [5.41, 5.74) is 2.05. The summed E-state index contributed by atoms with van der Waals surface area (Å²) in [6, 6.07) is 13.8. The van der Waals surface area contributed by atoms with Crippen molar-refractivity contribution < 1.29 is 19.0 Å². The van der Waals surface area contributed by atoms with E-state index in [-0.39, 0.29) is 11.9 Å². The number of likely N-dealkylation sites (tertiary alicyclic amines) is 1. The number of hydrogen-bond donors (Lipinski definition) is 0. The van der Waals surface area contributed by atoms with E-state index in [9.17, 15) is 4.79 Å². The van der Waals surface area contributed by atoms with Gasteiger partial charge >= 0.3 is 0 Å². The van der Waals surface area contributed by atoms with Crippen molar-refractivity contribution in [3.63, 3.8) is 0 Å². The van der Waals surface area contributed by atoms with Gasteiger partial charge in [0, 0.05) is 12.6 Å². The van der Waals surface area contributed by atoms with Gasteiger partial charge in [-0.2, -0.15) is 0 Å². The Morgan fingerprint density at radius 2 is 1.69 bits per heavy atom. The van der Waals surface area contributed by atoms with E-state index < -0.39 is 0 Å². The molecule has 1 unspecified atom stereocenters. The summed E-state index contributed by atoms with van der Waals surface area (Å²) in [7, 11) is 4.87. The Balaban J connectivity index is 1.79. The minimum Gasteiger partial charge on any atom is -0.497 e. The zero-order valence-corrected chi connectivity index (χ0v) is 17.4. The molecule has 1 aliphatic heterocycles. The fraction of sp³-hybridized carbons (Fsp3) is 0.375. The maximum Gasteiger partial charge on any atom is 0.247 e. The van der Waals surface area contributed by atoms with Crippen molar-refractivity contribution >= 4 is 12.0 Å². The molecule has 0 aliphatic carbocycles. The lowest BCUT2D eigenvalue weighted by atomic mass is 10.0. The molecular formula is C24H29NO4. The fourth-order valence-electron chi connectivity index (χ4n) is 3.76. The molecule has 2 aromatic rings. The predicted molar refractivity (Wildman–Crippen MR) is 114 cm³/mol. The topological polar surface area (TPSA) is 48.0 Å². The number of rotatable bonds is 6. The van der Waals surface area contributed by atoms with Crippen molar-refractivity contribution in [2.45, 2.75) is 31.7 Å². The predicted octanol–water partition coefficient (Wildman–Crippen LogP) is 4.87. The third kappa shape index (κ3) is 5.11. The van der Waals surface area contributed by atoms with E-state index >= 15 is 0 Å². The number of carbonyl (C=O) groups is 1. The second-order valence-electron chi connectivity index (χ2n) is 7.12. The monoisotopic (exact) mass is 395 g/mol. The summed E-state index contributed by atoms with van der Waals surface area (Å²) in [6.45, 7) is 0.770. The van der Waals surface area contributed by atoms with Crippen LogP contribution in [0.1, 0.15) is 42.9 Å². The summed E-state index contributed by atoms with van der Waals surface area (Å²) in [5, 5.41) is 0. The van der Waals surface area contributed by atoms with Crippen LogP contribution in [0.2, 0.25) is 0 Å². The van der Waals surface area contributed by atoms with Gasteiger partial charge in [0.05, 0.1) is 27.4 Å². The molecule has 0 spiro atoms. The summed E-state index contributed by atoms with van der Waals surface area (Å²) < 4.78 is 15.9. The van der Waals surface area contributed by atoms with E-state index in [1.165, 1.54) is 0 Å². The van der Waals surface area contributed by atoms with E-state index in [4.69, 9.17) is 14.2 Å². The first-order chi connectivity index (χ1) is 14.2. The first-order valence-corrected chi connectivity index (χ1v) is 10.0. The van der Waals surface area contributed by atoms with Crippen molar-refractivity contribution in [3.8, 4) is 17.2 Å². The molecule has 1 amide bonds. The Kier molecular flexibility index (Phi) is 7.17. The van der Waals surface area contributed by atoms with Crippen LogP contribution in [0, 0.1) is 0 Å². The number of amides is 1. The van der Waals surface area contributed by atoms with Crippen LogP contribution in [0.3, 0.4) is 0 Å². The van der Waals surface area contributed by atoms with Crippen LogP contribution in [0.25, 0.3) is 6.08 Å². The standard InChI is InChI=1S/C24H29NO4/c1-27-20-12-10-19(11-13-20)21-7-5-4-6-16-25(21)24(26)15-9-18-8-14-22(28-2)23(17-18)29-3/h8-15,17,21H,4-7,16H2,1-3H3/b15-9+. The molecule has 0 radical (unpaired) electrons. The van der Waals surface area contributed by atoms with Gasteiger partial charge in [0.15, 0.2) is 11.5 Å². The molecule has 5 heteroatoms. The normalized spacial score (nSPS) is 17.1. The molecule has 0 saturated carbocycles. The summed E-state index contributed by atoms with van der Waals surface area (Å²) >= 11 is 0. The summed E-state index contributed by atoms with van der Waals surface area (Å²) in [5.74, 6) is 2.17. The van der Waals surface area contributed by atoms with Crippen molar-refractivity contribution in [2.24, 2.45) is 0 Å². The molecule has 1 aliphatic rings. The highest BCUT2D eigenvalue weighted by Crippen LogP contribution is 2.32. The molecule has 2 aromatic carbocycles. The van der Waals surface area contributed by atoms with E-state index in [2.05, 4.69) is 12.1 Å². The van der Waals surface area contributed by atoms with Gasteiger partial charge in [-0.25, -0.2) is 0 Å².